The monoisotopic (exact) mass is 339 g/mol. The van der Waals surface area contributed by atoms with Crippen LogP contribution in [0.2, 0.25) is 0 Å². The van der Waals surface area contributed by atoms with Gasteiger partial charge in [0.2, 0.25) is 0 Å². The molecule has 1 aromatic carbocycles. The van der Waals surface area contributed by atoms with Crippen LogP contribution in [0.25, 0.3) is 0 Å². The number of hydrogen-bond acceptors (Lipinski definition) is 3. The summed E-state index contributed by atoms with van der Waals surface area (Å²) >= 11 is 0. The Balaban J connectivity index is 1.41. The van der Waals surface area contributed by atoms with Crippen LogP contribution < -0.4 is 0 Å². The van der Waals surface area contributed by atoms with E-state index in [2.05, 4.69) is 26.6 Å². The van der Waals surface area contributed by atoms with E-state index in [1.807, 2.05) is 37.5 Å². The number of piperidine rings is 1. The van der Waals surface area contributed by atoms with Gasteiger partial charge in [0.05, 0.1) is 0 Å². The maximum Gasteiger partial charge on any atom is 0.137 e. The third-order valence-corrected chi connectivity index (χ3v) is 5.26. The molecule has 1 atom stereocenters. The van der Waals surface area contributed by atoms with Crippen LogP contribution in [0.1, 0.15) is 37.1 Å². The Morgan fingerprint density at radius 2 is 2.08 bits per heavy atom. The lowest BCUT2D eigenvalue weighted by Gasteiger charge is -2.32. The minimum Gasteiger partial charge on any atom is -0.335 e. The average Bonchev–Trinajstić information content (AvgIpc) is 3.06. The third kappa shape index (κ3) is 5.27. The SMILES string of the molecule is Cc1nccn1CCCN1CCC[C@@H](C(=O)CCc2ccccc2)C1. The van der Waals surface area contributed by atoms with Crippen molar-refractivity contribution in [3.8, 4) is 0 Å². The van der Waals surface area contributed by atoms with Gasteiger partial charge in [-0.25, -0.2) is 4.98 Å². The first-order chi connectivity index (χ1) is 12.2. The molecule has 0 aliphatic carbocycles. The largest absolute Gasteiger partial charge is 0.335 e. The first kappa shape index (κ1) is 17.9. The van der Waals surface area contributed by atoms with Gasteiger partial charge in [0.25, 0.3) is 0 Å². The first-order valence-corrected chi connectivity index (χ1v) is 9.49. The highest BCUT2D eigenvalue weighted by atomic mass is 16.1. The van der Waals surface area contributed by atoms with Gasteiger partial charge in [0.1, 0.15) is 11.6 Å². The number of likely N-dealkylation sites (tertiary alicyclic amines) is 1. The molecule has 0 N–H and O–H groups in total. The molecule has 1 aliphatic rings. The maximum atomic E-state index is 12.6. The van der Waals surface area contributed by atoms with E-state index in [1.54, 1.807) is 0 Å². The van der Waals surface area contributed by atoms with Gasteiger partial charge in [-0.15, -0.1) is 0 Å². The van der Waals surface area contributed by atoms with Crippen molar-refractivity contribution in [1.29, 1.82) is 0 Å². The molecule has 3 rings (SSSR count). The van der Waals surface area contributed by atoms with Crippen molar-refractivity contribution in [3.63, 3.8) is 0 Å². The Morgan fingerprint density at radius 3 is 2.84 bits per heavy atom. The minimum atomic E-state index is 0.229. The summed E-state index contributed by atoms with van der Waals surface area (Å²) in [5, 5.41) is 0. The Labute approximate surface area is 150 Å². The Hall–Kier alpha value is -1.94. The van der Waals surface area contributed by atoms with E-state index in [1.165, 1.54) is 5.56 Å². The third-order valence-electron chi connectivity index (χ3n) is 5.26. The molecule has 4 nitrogen and oxygen atoms in total. The molecule has 2 aromatic rings. The number of ketones is 1. The molecular formula is C21H29N3O. The van der Waals surface area contributed by atoms with E-state index in [9.17, 15) is 4.79 Å². The van der Waals surface area contributed by atoms with Crippen molar-refractivity contribution in [2.45, 2.75) is 45.6 Å². The zero-order valence-electron chi connectivity index (χ0n) is 15.2. The molecular weight excluding hydrogens is 310 g/mol. The molecule has 1 saturated heterocycles. The van der Waals surface area contributed by atoms with Gasteiger partial charge < -0.3 is 9.47 Å². The van der Waals surface area contributed by atoms with Crippen molar-refractivity contribution >= 4 is 5.78 Å². The highest BCUT2D eigenvalue weighted by molar-refractivity contribution is 5.81. The molecule has 2 heterocycles. The lowest BCUT2D eigenvalue weighted by molar-refractivity contribution is -0.124. The Morgan fingerprint density at radius 1 is 1.24 bits per heavy atom. The van der Waals surface area contributed by atoms with Crippen LogP contribution in [0, 0.1) is 12.8 Å². The van der Waals surface area contributed by atoms with Gasteiger partial charge in [-0.1, -0.05) is 30.3 Å². The quantitative estimate of drug-likeness (QED) is 0.739. The minimum absolute atomic E-state index is 0.229. The van der Waals surface area contributed by atoms with E-state index < -0.39 is 0 Å². The molecule has 0 bridgehead atoms. The van der Waals surface area contributed by atoms with Gasteiger partial charge in [-0.2, -0.15) is 0 Å². The topological polar surface area (TPSA) is 38.1 Å². The molecule has 0 unspecified atom stereocenters. The second-order valence-corrected chi connectivity index (χ2v) is 7.11. The van der Waals surface area contributed by atoms with Crippen LogP contribution in [0.15, 0.2) is 42.7 Å². The van der Waals surface area contributed by atoms with E-state index in [0.717, 1.165) is 57.7 Å². The van der Waals surface area contributed by atoms with E-state index in [-0.39, 0.29) is 5.92 Å². The van der Waals surface area contributed by atoms with Crippen molar-refractivity contribution < 1.29 is 4.79 Å². The molecule has 0 amide bonds. The van der Waals surface area contributed by atoms with Gasteiger partial charge in [-0.05, 0) is 51.3 Å². The van der Waals surface area contributed by atoms with E-state index >= 15 is 0 Å². The number of benzene rings is 1. The van der Waals surface area contributed by atoms with Gasteiger partial charge in [0, 0.05) is 37.8 Å². The fraction of sp³-hybridized carbons (Fsp3) is 0.524. The Bertz CT molecular complexity index is 665. The zero-order valence-corrected chi connectivity index (χ0v) is 15.2. The number of carbonyl (C=O) groups excluding carboxylic acids is 1. The van der Waals surface area contributed by atoms with Crippen molar-refractivity contribution in [2.75, 3.05) is 19.6 Å². The van der Waals surface area contributed by atoms with Crippen molar-refractivity contribution in [2.24, 2.45) is 5.92 Å². The zero-order chi connectivity index (χ0) is 17.5. The molecule has 1 aliphatic heterocycles. The standard InChI is InChI=1S/C21H29N3O/c1-18-22-12-16-24(18)15-6-14-23-13-5-9-20(17-23)21(25)11-10-19-7-3-2-4-8-19/h2-4,7-8,12,16,20H,5-6,9-11,13-15,17H2,1H3/t20-/m1/s1. The molecule has 25 heavy (non-hydrogen) atoms. The lowest BCUT2D eigenvalue weighted by Crippen LogP contribution is -2.39. The number of hydrogen-bond donors (Lipinski definition) is 0. The average molecular weight is 339 g/mol. The highest BCUT2D eigenvalue weighted by Gasteiger charge is 2.25. The number of Topliss-reactive ketones (excluding diaryl/α,β-unsaturated/α-hetero) is 1. The van der Waals surface area contributed by atoms with Crippen molar-refractivity contribution in [1.82, 2.24) is 14.5 Å². The summed E-state index contributed by atoms with van der Waals surface area (Å²) < 4.78 is 2.20. The molecule has 0 radical (unpaired) electrons. The van der Waals surface area contributed by atoms with E-state index in [4.69, 9.17) is 0 Å². The smallest absolute Gasteiger partial charge is 0.137 e. The molecule has 4 heteroatoms. The fourth-order valence-corrected chi connectivity index (χ4v) is 3.74. The van der Waals surface area contributed by atoms with Crippen LogP contribution in [0.4, 0.5) is 0 Å². The summed E-state index contributed by atoms with van der Waals surface area (Å²) in [7, 11) is 0. The van der Waals surface area contributed by atoms with Crippen LogP contribution in [0.3, 0.4) is 0 Å². The Kier molecular flexibility index (Phi) is 6.40. The maximum absolute atomic E-state index is 12.6. The first-order valence-electron chi connectivity index (χ1n) is 9.49. The summed E-state index contributed by atoms with van der Waals surface area (Å²) in [6.07, 6.45) is 8.77. The number of imidazole rings is 1. The predicted octanol–water partition coefficient (Wildman–Crippen LogP) is 3.50. The molecule has 1 fully saturated rings. The van der Waals surface area contributed by atoms with Crippen molar-refractivity contribution in [3.05, 3.63) is 54.1 Å². The van der Waals surface area contributed by atoms with Gasteiger partial charge >= 0.3 is 0 Å². The summed E-state index contributed by atoms with van der Waals surface area (Å²) in [6.45, 7) is 6.19. The van der Waals surface area contributed by atoms with Crippen LogP contribution in [0.5, 0.6) is 0 Å². The number of carbonyl (C=O) groups is 1. The van der Waals surface area contributed by atoms with Crippen LogP contribution in [-0.2, 0) is 17.8 Å². The van der Waals surface area contributed by atoms with Crippen LogP contribution in [-0.4, -0.2) is 39.9 Å². The lowest BCUT2D eigenvalue weighted by atomic mass is 9.90. The number of aryl methyl sites for hydroxylation is 3. The second-order valence-electron chi connectivity index (χ2n) is 7.11. The summed E-state index contributed by atoms with van der Waals surface area (Å²) in [5.74, 6) is 1.75. The number of aromatic nitrogens is 2. The second kappa shape index (κ2) is 8.95. The predicted molar refractivity (Wildman–Crippen MR) is 101 cm³/mol. The fourth-order valence-electron chi connectivity index (χ4n) is 3.74. The van der Waals surface area contributed by atoms with Gasteiger partial charge in [-0.3, -0.25) is 4.79 Å². The summed E-state index contributed by atoms with van der Waals surface area (Å²) in [5.41, 5.74) is 1.26. The summed E-state index contributed by atoms with van der Waals surface area (Å²) in [6, 6.07) is 10.3. The molecule has 0 saturated carbocycles. The normalized spacial score (nSPS) is 18.4. The van der Waals surface area contributed by atoms with Gasteiger partial charge in [0.15, 0.2) is 0 Å². The molecule has 0 spiro atoms. The van der Waals surface area contributed by atoms with E-state index in [0.29, 0.717) is 12.2 Å². The molecule has 134 valence electrons. The summed E-state index contributed by atoms with van der Waals surface area (Å²) in [4.78, 5) is 19.3. The highest BCUT2D eigenvalue weighted by Crippen LogP contribution is 2.20. The number of rotatable bonds is 8. The number of nitrogens with zero attached hydrogens (tertiary/aromatic N) is 3. The van der Waals surface area contributed by atoms with Crippen LogP contribution >= 0.6 is 0 Å². The molecule has 1 aromatic heterocycles.